The number of hydrogen-bond acceptors (Lipinski definition) is 3. The standard InChI is InChI=1S/C64H45N5O/c1-64(2,3)42-35-36-65-52(37-42)50-39-58-59(60-49-27-18-26-45(61(49)70-62(50)60)41-21-8-5-9-22-41)48-25-12-16-31-55(48)67(58)43-33-34-47-46-24-11-15-30-54(46)69(57(47)38-43)63-66-51-28-13-17-32-56(51)68(63)53-29-14-10-23-44(53)40-19-6-4-7-20-40/h4-39H,1-3H3. The lowest BCUT2D eigenvalue weighted by Crippen LogP contribution is -2.11. The number of aromatic nitrogens is 5. The van der Waals surface area contributed by atoms with E-state index < -0.39 is 0 Å². The van der Waals surface area contributed by atoms with E-state index in [4.69, 9.17) is 14.4 Å². The van der Waals surface area contributed by atoms with Crippen LogP contribution >= 0.6 is 0 Å². The van der Waals surface area contributed by atoms with Crippen LogP contribution in [-0.4, -0.2) is 23.7 Å². The molecule has 0 aliphatic carbocycles. The maximum absolute atomic E-state index is 7.22. The lowest BCUT2D eigenvalue weighted by atomic mass is 9.86. The molecule has 0 amide bonds. The fraction of sp³-hybridized carbons (Fsp3) is 0.0625. The Morgan fingerprint density at radius 2 is 1.04 bits per heavy atom. The molecule has 9 aromatic carbocycles. The van der Waals surface area contributed by atoms with Gasteiger partial charge in [-0.15, -0.1) is 0 Å². The largest absolute Gasteiger partial charge is 0.455 e. The SMILES string of the molecule is CC(C)(C)c1ccnc(-c2cc3c(c4ccccc4n3-c3ccc4c5ccccc5n(-c5nc6ccccc6n5-c5ccccc5-c5ccccc5)c4c3)c3c2oc2c(-c4ccccc4)cccc23)c1. The average Bonchev–Trinajstić information content (AvgIpc) is 4.16. The van der Waals surface area contributed by atoms with E-state index in [1.54, 1.807) is 0 Å². The summed E-state index contributed by atoms with van der Waals surface area (Å²) in [5, 5.41) is 6.76. The monoisotopic (exact) mass is 899 g/mol. The zero-order chi connectivity index (χ0) is 46.7. The number of hydrogen-bond donors (Lipinski definition) is 0. The molecule has 0 atom stereocenters. The fourth-order valence-corrected chi connectivity index (χ4v) is 11.0. The molecule has 0 aliphatic heterocycles. The predicted octanol–water partition coefficient (Wildman–Crippen LogP) is 16.8. The smallest absolute Gasteiger partial charge is 0.220 e. The van der Waals surface area contributed by atoms with Crippen LogP contribution in [0.25, 0.3) is 127 Å². The summed E-state index contributed by atoms with van der Waals surface area (Å²) < 4.78 is 14.4. The Hall–Kier alpha value is -9.00. The lowest BCUT2D eigenvalue weighted by molar-refractivity contribution is 0.589. The van der Waals surface area contributed by atoms with Gasteiger partial charge >= 0.3 is 0 Å². The molecule has 0 aliphatic rings. The molecule has 14 rings (SSSR count). The van der Waals surface area contributed by atoms with Crippen molar-refractivity contribution in [3.05, 3.63) is 224 Å². The van der Waals surface area contributed by atoms with Crippen LogP contribution in [0.3, 0.4) is 0 Å². The molecule has 14 aromatic rings. The fourth-order valence-electron chi connectivity index (χ4n) is 11.0. The molecule has 6 heteroatoms. The van der Waals surface area contributed by atoms with Crippen LogP contribution in [0.2, 0.25) is 0 Å². The van der Waals surface area contributed by atoms with E-state index in [1.165, 1.54) is 5.56 Å². The average molecular weight is 900 g/mol. The van der Waals surface area contributed by atoms with E-state index >= 15 is 0 Å². The Morgan fingerprint density at radius 1 is 0.414 bits per heavy atom. The van der Waals surface area contributed by atoms with Gasteiger partial charge in [0, 0.05) is 60.9 Å². The van der Waals surface area contributed by atoms with Crippen LogP contribution < -0.4 is 0 Å². The van der Waals surface area contributed by atoms with Crippen LogP contribution in [0.1, 0.15) is 26.3 Å². The van der Waals surface area contributed by atoms with Crippen LogP contribution in [0.5, 0.6) is 0 Å². The van der Waals surface area contributed by atoms with Gasteiger partial charge in [0.25, 0.3) is 0 Å². The van der Waals surface area contributed by atoms with Gasteiger partial charge in [-0.2, -0.15) is 0 Å². The van der Waals surface area contributed by atoms with Gasteiger partial charge in [0.05, 0.1) is 44.5 Å². The van der Waals surface area contributed by atoms with Gasteiger partial charge < -0.3 is 8.98 Å². The number of nitrogens with zero attached hydrogens (tertiary/aromatic N) is 5. The molecule has 0 unspecified atom stereocenters. The van der Waals surface area contributed by atoms with Gasteiger partial charge in [0.2, 0.25) is 5.95 Å². The highest BCUT2D eigenvalue weighted by molar-refractivity contribution is 6.30. The van der Waals surface area contributed by atoms with Crippen molar-refractivity contribution >= 4 is 76.6 Å². The maximum Gasteiger partial charge on any atom is 0.220 e. The molecule has 70 heavy (non-hydrogen) atoms. The van der Waals surface area contributed by atoms with E-state index in [1.807, 2.05) is 6.20 Å². The van der Waals surface area contributed by atoms with Crippen LogP contribution in [0, 0.1) is 0 Å². The Labute approximate surface area is 403 Å². The maximum atomic E-state index is 7.22. The molecule has 0 N–H and O–H groups in total. The summed E-state index contributed by atoms with van der Waals surface area (Å²) >= 11 is 0. The van der Waals surface area contributed by atoms with Crippen molar-refractivity contribution in [3.63, 3.8) is 0 Å². The van der Waals surface area contributed by atoms with Crippen molar-refractivity contribution in [2.24, 2.45) is 0 Å². The zero-order valence-corrected chi connectivity index (χ0v) is 38.9. The van der Waals surface area contributed by atoms with Crippen molar-refractivity contribution in [3.8, 4) is 50.8 Å². The van der Waals surface area contributed by atoms with Crippen LogP contribution in [-0.2, 0) is 5.41 Å². The van der Waals surface area contributed by atoms with Gasteiger partial charge in [0.15, 0.2) is 0 Å². The summed E-state index contributed by atoms with van der Waals surface area (Å²) in [6.45, 7) is 6.76. The van der Waals surface area contributed by atoms with E-state index in [-0.39, 0.29) is 5.41 Å². The third kappa shape index (κ3) is 5.99. The number of benzene rings is 9. The highest BCUT2D eigenvalue weighted by Gasteiger charge is 2.27. The topological polar surface area (TPSA) is 53.7 Å². The first kappa shape index (κ1) is 40.1. The molecule has 6 nitrogen and oxygen atoms in total. The highest BCUT2D eigenvalue weighted by atomic mass is 16.3. The molecule has 5 heterocycles. The third-order valence-electron chi connectivity index (χ3n) is 14.3. The molecular formula is C64H45N5O. The molecular weight excluding hydrogens is 855 g/mol. The van der Waals surface area contributed by atoms with Crippen LogP contribution in [0.15, 0.2) is 223 Å². The first-order chi connectivity index (χ1) is 34.4. The second-order valence-electron chi connectivity index (χ2n) is 19.4. The van der Waals surface area contributed by atoms with Gasteiger partial charge in [-0.1, -0.05) is 172 Å². The minimum atomic E-state index is -0.0811. The summed E-state index contributed by atoms with van der Waals surface area (Å²) in [4.78, 5) is 10.6. The molecule has 0 saturated carbocycles. The summed E-state index contributed by atoms with van der Waals surface area (Å²) in [6, 6.07) is 76.0. The third-order valence-corrected chi connectivity index (χ3v) is 14.3. The van der Waals surface area contributed by atoms with Crippen molar-refractivity contribution in [1.82, 2.24) is 23.7 Å². The molecule has 0 spiro atoms. The highest BCUT2D eigenvalue weighted by Crippen LogP contribution is 2.48. The summed E-state index contributed by atoms with van der Waals surface area (Å²) in [7, 11) is 0. The molecule has 332 valence electrons. The van der Waals surface area contributed by atoms with Gasteiger partial charge in [-0.25, -0.2) is 4.98 Å². The van der Waals surface area contributed by atoms with Crippen molar-refractivity contribution in [1.29, 1.82) is 0 Å². The van der Waals surface area contributed by atoms with E-state index in [0.29, 0.717) is 0 Å². The quantitative estimate of drug-likeness (QED) is 0.167. The first-order valence-electron chi connectivity index (χ1n) is 24.0. The van der Waals surface area contributed by atoms with Crippen molar-refractivity contribution in [2.45, 2.75) is 26.2 Å². The summed E-state index contributed by atoms with van der Waals surface area (Å²) in [5.74, 6) is 0.822. The number of fused-ring (bicyclic) bond motifs is 11. The predicted molar refractivity (Wildman–Crippen MR) is 290 cm³/mol. The van der Waals surface area contributed by atoms with Gasteiger partial charge in [-0.3, -0.25) is 14.1 Å². The van der Waals surface area contributed by atoms with Gasteiger partial charge in [0.1, 0.15) is 11.2 Å². The first-order valence-corrected chi connectivity index (χ1v) is 24.0. The van der Waals surface area contributed by atoms with E-state index in [9.17, 15) is 0 Å². The van der Waals surface area contributed by atoms with Gasteiger partial charge in [-0.05, 0) is 82.8 Å². The molecule has 0 saturated heterocycles. The van der Waals surface area contributed by atoms with Crippen molar-refractivity contribution < 1.29 is 4.42 Å². The Kier molecular flexibility index (Phi) is 8.74. The zero-order valence-electron chi connectivity index (χ0n) is 38.9. The van der Waals surface area contributed by atoms with E-state index in [2.05, 4.69) is 247 Å². The molecule has 0 bridgehead atoms. The Morgan fingerprint density at radius 3 is 1.83 bits per heavy atom. The van der Waals surface area contributed by atoms with Crippen molar-refractivity contribution in [2.75, 3.05) is 0 Å². The molecule has 0 fully saturated rings. The summed E-state index contributed by atoms with van der Waals surface area (Å²) in [5.41, 5.74) is 17.5. The normalized spacial score (nSPS) is 12.2. The second-order valence-corrected chi connectivity index (χ2v) is 19.4. The number of rotatable bonds is 6. The number of para-hydroxylation sites is 6. The Bertz CT molecular complexity index is 4390. The minimum absolute atomic E-state index is 0.0811. The lowest BCUT2D eigenvalue weighted by Gasteiger charge is -2.19. The number of imidazole rings is 1. The van der Waals surface area contributed by atoms with Crippen LogP contribution in [0.4, 0.5) is 0 Å². The Balaban J connectivity index is 1.09. The number of furan rings is 1. The second kappa shape index (κ2) is 15.3. The minimum Gasteiger partial charge on any atom is -0.455 e. The number of pyridine rings is 1. The molecule has 0 radical (unpaired) electrons. The van der Waals surface area contributed by atoms with E-state index in [0.717, 1.165) is 127 Å². The summed E-state index contributed by atoms with van der Waals surface area (Å²) in [6.07, 6.45) is 1.94. The molecule has 5 aromatic heterocycles.